The lowest BCUT2D eigenvalue weighted by atomic mass is 10.1. The molecular formula is C26H22N2O3. The Bertz CT molecular complexity index is 1410. The molecule has 5 heteroatoms. The van der Waals surface area contributed by atoms with Crippen LogP contribution in [0.1, 0.15) is 34.0 Å². The Morgan fingerprint density at radius 2 is 1.71 bits per heavy atom. The van der Waals surface area contributed by atoms with Crippen LogP contribution in [0, 0.1) is 13.8 Å². The summed E-state index contributed by atoms with van der Waals surface area (Å²) in [7, 11) is 0. The van der Waals surface area contributed by atoms with E-state index in [0.29, 0.717) is 33.3 Å². The Morgan fingerprint density at radius 1 is 0.968 bits per heavy atom. The first-order chi connectivity index (χ1) is 14.9. The SMILES string of the molecule is CC(=O)c1cccc(N=Cc2c(O)n(-c3ccc(C)cc3C)c(=O)c3ccccc23)c1. The number of nitrogens with zero attached hydrogens (tertiary/aromatic N) is 2. The standard InChI is InChI=1S/C26H22N2O3/c1-16-11-12-24(17(2)13-16)28-25(30)22-10-5-4-9-21(22)23(26(28)31)15-27-20-8-6-7-19(14-20)18(3)29/h4-15,31H,1-3H3. The first-order valence-electron chi connectivity index (χ1n) is 9.96. The second-order valence-corrected chi connectivity index (χ2v) is 7.58. The van der Waals surface area contributed by atoms with Gasteiger partial charge in [0, 0.05) is 22.6 Å². The van der Waals surface area contributed by atoms with Crippen LogP contribution in [0.2, 0.25) is 0 Å². The van der Waals surface area contributed by atoms with Crippen LogP contribution in [0.15, 0.2) is 76.5 Å². The lowest BCUT2D eigenvalue weighted by Gasteiger charge is -2.16. The molecule has 0 aliphatic rings. The monoisotopic (exact) mass is 410 g/mol. The lowest BCUT2D eigenvalue weighted by molar-refractivity contribution is 0.101. The van der Waals surface area contributed by atoms with Gasteiger partial charge in [0.05, 0.1) is 16.9 Å². The van der Waals surface area contributed by atoms with Crippen molar-refractivity contribution >= 4 is 28.5 Å². The van der Waals surface area contributed by atoms with E-state index in [9.17, 15) is 14.7 Å². The molecule has 1 N–H and O–H groups in total. The van der Waals surface area contributed by atoms with Gasteiger partial charge < -0.3 is 5.11 Å². The number of pyridine rings is 1. The Hall–Kier alpha value is -3.99. The van der Waals surface area contributed by atoms with Gasteiger partial charge in [0.2, 0.25) is 5.88 Å². The van der Waals surface area contributed by atoms with Crippen LogP contribution < -0.4 is 5.56 Å². The molecule has 4 rings (SSSR count). The highest BCUT2D eigenvalue weighted by molar-refractivity contribution is 6.02. The molecule has 0 saturated heterocycles. The predicted molar refractivity (Wildman–Crippen MR) is 124 cm³/mol. The fraction of sp³-hybridized carbons (Fsp3) is 0.115. The van der Waals surface area contributed by atoms with Crippen molar-refractivity contribution in [1.82, 2.24) is 4.57 Å². The zero-order chi connectivity index (χ0) is 22.1. The van der Waals surface area contributed by atoms with Crippen LogP contribution in [0.25, 0.3) is 16.5 Å². The van der Waals surface area contributed by atoms with Gasteiger partial charge in [-0.3, -0.25) is 14.6 Å². The third kappa shape index (κ3) is 3.78. The molecule has 0 fully saturated rings. The van der Waals surface area contributed by atoms with Gasteiger partial charge in [0.25, 0.3) is 5.56 Å². The van der Waals surface area contributed by atoms with E-state index < -0.39 is 0 Å². The van der Waals surface area contributed by atoms with Gasteiger partial charge in [0.15, 0.2) is 5.78 Å². The molecule has 0 amide bonds. The maximum absolute atomic E-state index is 13.3. The molecule has 0 saturated carbocycles. The van der Waals surface area contributed by atoms with E-state index in [1.807, 2.05) is 38.1 Å². The third-order valence-electron chi connectivity index (χ3n) is 5.29. The van der Waals surface area contributed by atoms with Gasteiger partial charge in [-0.15, -0.1) is 0 Å². The normalized spacial score (nSPS) is 11.3. The lowest BCUT2D eigenvalue weighted by Crippen LogP contribution is -2.21. The summed E-state index contributed by atoms with van der Waals surface area (Å²) in [5, 5.41) is 12.2. The summed E-state index contributed by atoms with van der Waals surface area (Å²) in [5.74, 6) is -0.226. The third-order valence-corrected chi connectivity index (χ3v) is 5.29. The number of benzene rings is 3. The number of hydrogen-bond donors (Lipinski definition) is 1. The first kappa shape index (κ1) is 20.3. The molecule has 1 heterocycles. The van der Waals surface area contributed by atoms with Crippen molar-refractivity contribution in [2.75, 3.05) is 0 Å². The average Bonchev–Trinajstić information content (AvgIpc) is 2.75. The van der Waals surface area contributed by atoms with Crippen LogP contribution in [0.3, 0.4) is 0 Å². The molecule has 4 aromatic rings. The minimum absolute atomic E-state index is 0.0475. The summed E-state index contributed by atoms with van der Waals surface area (Å²) in [6.45, 7) is 5.39. The molecule has 0 spiro atoms. The fourth-order valence-corrected chi connectivity index (χ4v) is 3.71. The highest BCUT2D eigenvalue weighted by atomic mass is 16.3. The zero-order valence-electron chi connectivity index (χ0n) is 17.6. The number of carbonyl (C=O) groups is 1. The predicted octanol–water partition coefficient (Wildman–Crippen LogP) is 5.27. The van der Waals surface area contributed by atoms with Crippen LogP contribution in [-0.4, -0.2) is 21.7 Å². The average molecular weight is 410 g/mol. The van der Waals surface area contributed by atoms with E-state index in [0.717, 1.165) is 11.1 Å². The Labute approximate surface area is 179 Å². The van der Waals surface area contributed by atoms with Crippen LogP contribution in [-0.2, 0) is 0 Å². The number of Topliss-reactive ketones (excluding diaryl/α,β-unsaturated/α-hetero) is 1. The molecule has 31 heavy (non-hydrogen) atoms. The van der Waals surface area contributed by atoms with Gasteiger partial charge >= 0.3 is 0 Å². The molecule has 0 bridgehead atoms. The molecule has 0 aliphatic carbocycles. The van der Waals surface area contributed by atoms with E-state index in [1.54, 1.807) is 42.5 Å². The van der Waals surface area contributed by atoms with Gasteiger partial charge in [-0.05, 0) is 50.6 Å². The molecule has 0 atom stereocenters. The van der Waals surface area contributed by atoms with Gasteiger partial charge in [-0.1, -0.05) is 48.0 Å². The molecule has 0 radical (unpaired) electrons. The molecular weight excluding hydrogens is 388 g/mol. The summed E-state index contributed by atoms with van der Waals surface area (Å²) in [6, 6.07) is 19.8. The van der Waals surface area contributed by atoms with Crippen molar-refractivity contribution in [3.05, 3.63) is 99.3 Å². The van der Waals surface area contributed by atoms with Crippen molar-refractivity contribution in [2.24, 2.45) is 4.99 Å². The fourth-order valence-electron chi connectivity index (χ4n) is 3.71. The van der Waals surface area contributed by atoms with Crippen LogP contribution in [0.5, 0.6) is 5.88 Å². The number of aryl methyl sites for hydroxylation is 2. The Balaban J connectivity index is 1.96. The van der Waals surface area contributed by atoms with Crippen molar-refractivity contribution in [3.63, 3.8) is 0 Å². The van der Waals surface area contributed by atoms with Crippen molar-refractivity contribution in [3.8, 4) is 11.6 Å². The quantitative estimate of drug-likeness (QED) is 0.368. The molecule has 154 valence electrons. The van der Waals surface area contributed by atoms with Gasteiger partial charge in [-0.25, -0.2) is 4.57 Å². The molecule has 3 aromatic carbocycles. The topological polar surface area (TPSA) is 71.7 Å². The van der Waals surface area contributed by atoms with Crippen LogP contribution in [0.4, 0.5) is 5.69 Å². The Kier molecular flexibility index (Phi) is 5.26. The summed E-state index contributed by atoms with van der Waals surface area (Å²) in [6.07, 6.45) is 1.54. The largest absolute Gasteiger partial charge is 0.494 e. The first-order valence-corrected chi connectivity index (χ1v) is 9.96. The number of rotatable bonds is 4. The minimum Gasteiger partial charge on any atom is -0.494 e. The van der Waals surface area contributed by atoms with Crippen LogP contribution >= 0.6 is 0 Å². The maximum Gasteiger partial charge on any atom is 0.265 e. The highest BCUT2D eigenvalue weighted by Gasteiger charge is 2.17. The molecule has 5 nitrogen and oxygen atoms in total. The molecule has 0 unspecified atom stereocenters. The summed E-state index contributed by atoms with van der Waals surface area (Å²) in [4.78, 5) is 29.4. The second-order valence-electron chi connectivity index (χ2n) is 7.58. The summed E-state index contributed by atoms with van der Waals surface area (Å²) < 4.78 is 1.32. The summed E-state index contributed by atoms with van der Waals surface area (Å²) in [5.41, 5.74) is 3.85. The van der Waals surface area contributed by atoms with E-state index >= 15 is 0 Å². The number of fused-ring (bicyclic) bond motifs is 1. The Morgan fingerprint density at radius 3 is 2.42 bits per heavy atom. The number of carbonyl (C=O) groups excluding carboxylic acids is 1. The van der Waals surface area contributed by atoms with Crippen molar-refractivity contribution in [1.29, 1.82) is 0 Å². The molecule has 0 aliphatic heterocycles. The smallest absolute Gasteiger partial charge is 0.265 e. The number of ketones is 1. The van der Waals surface area contributed by atoms with E-state index in [2.05, 4.69) is 4.99 Å². The number of aromatic hydroxyl groups is 1. The van der Waals surface area contributed by atoms with E-state index in [4.69, 9.17) is 0 Å². The van der Waals surface area contributed by atoms with Crippen molar-refractivity contribution in [2.45, 2.75) is 20.8 Å². The van der Waals surface area contributed by atoms with Gasteiger partial charge in [0.1, 0.15) is 0 Å². The highest BCUT2D eigenvalue weighted by Crippen LogP contribution is 2.28. The van der Waals surface area contributed by atoms with E-state index in [1.165, 1.54) is 17.7 Å². The summed E-state index contributed by atoms with van der Waals surface area (Å²) >= 11 is 0. The maximum atomic E-state index is 13.3. The number of aliphatic imine (C=N–C) groups is 1. The zero-order valence-corrected chi connectivity index (χ0v) is 17.6. The number of aromatic nitrogens is 1. The van der Waals surface area contributed by atoms with Crippen molar-refractivity contribution < 1.29 is 9.90 Å². The minimum atomic E-state index is -0.296. The second kappa shape index (κ2) is 8.03. The molecule has 1 aromatic heterocycles. The van der Waals surface area contributed by atoms with E-state index in [-0.39, 0.29) is 17.2 Å². The number of hydrogen-bond acceptors (Lipinski definition) is 4. The van der Waals surface area contributed by atoms with Gasteiger partial charge in [-0.2, -0.15) is 0 Å².